The second kappa shape index (κ2) is 7.23. The molecule has 0 aliphatic carbocycles. The van der Waals surface area contributed by atoms with Crippen molar-refractivity contribution in [1.82, 2.24) is 9.97 Å². The quantitative estimate of drug-likeness (QED) is 0.478. The van der Waals surface area contributed by atoms with Gasteiger partial charge in [0.2, 0.25) is 16.8 Å². The van der Waals surface area contributed by atoms with Crippen LogP contribution in [-0.2, 0) is 16.6 Å². The summed E-state index contributed by atoms with van der Waals surface area (Å²) < 4.78 is 41.6. The molecule has 0 fully saturated rings. The molecule has 1 N–H and O–H groups in total. The highest BCUT2D eigenvalue weighted by molar-refractivity contribution is 7.98. The normalized spacial score (nSPS) is 10.6. The van der Waals surface area contributed by atoms with Gasteiger partial charge >= 0.3 is 0 Å². The molecular formula is C12H12FN3O3S2. The summed E-state index contributed by atoms with van der Waals surface area (Å²) >= 11 is 1.25. The minimum Gasteiger partial charge on any atom is -0.481 e. The van der Waals surface area contributed by atoms with Crippen LogP contribution < -0.4 is 9.46 Å². The van der Waals surface area contributed by atoms with Gasteiger partial charge in [-0.15, -0.1) is 0 Å². The van der Waals surface area contributed by atoms with Crippen molar-refractivity contribution < 1.29 is 17.5 Å². The molecule has 2 rings (SSSR count). The van der Waals surface area contributed by atoms with Crippen molar-refractivity contribution in [3.63, 3.8) is 0 Å². The average molecular weight is 329 g/mol. The molecule has 9 heteroatoms. The molecule has 0 radical (unpaired) electrons. The van der Waals surface area contributed by atoms with Gasteiger partial charge in [-0.3, -0.25) is 4.72 Å². The fourth-order valence-electron chi connectivity index (χ4n) is 1.50. The molecule has 0 bridgehead atoms. The molecule has 0 amide bonds. The van der Waals surface area contributed by atoms with Gasteiger partial charge in [0.25, 0.3) is 0 Å². The summed E-state index contributed by atoms with van der Waals surface area (Å²) in [4.78, 5) is 8.14. The van der Waals surface area contributed by atoms with Crippen molar-refractivity contribution >= 4 is 28.5 Å². The van der Waals surface area contributed by atoms with Gasteiger partial charge in [-0.05, 0) is 17.7 Å². The highest BCUT2D eigenvalue weighted by atomic mass is 32.2. The fraction of sp³-hybridized carbons (Fsp3) is 0.167. The Balaban J connectivity index is 2.15. The summed E-state index contributed by atoms with van der Waals surface area (Å²) in [5.74, 6) is 0.504. The number of rotatable bonds is 6. The predicted octanol–water partition coefficient (Wildman–Crippen LogP) is 1.85. The molecule has 1 aromatic carbocycles. The van der Waals surface area contributed by atoms with Crippen LogP contribution in [0.25, 0.3) is 0 Å². The first-order valence-corrected chi connectivity index (χ1v) is 7.94. The second-order valence-corrected chi connectivity index (χ2v) is 5.55. The molecule has 0 unspecified atom stereocenters. The van der Waals surface area contributed by atoms with E-state index < -0.39 is 10.9 Å². The summed E-state index contributed by atoms with van der Waals surface area (Å²) in [7, 11) is -1.40. The van der Waals surface area contributed by atoms with E-state index in [2.05, 4.69) is 14.7 Å². The number of ether oxygens (including phenoxy) is 1. The van der Waals surface area contributed by atoms with Crippen LogP contribution in [0.1, 0.15) is 5.56 Å². The fourth-order valence-corrected chi connectivity index (χ4v) is 2.59. The van der Waals surface area contributed by atoms with E-state index in [0.29, 0.717) is 10.9 Å². The van der Waals surface area contributed by atoms with Crippen LogP contribution in [0.2, 0.25) is 0 Å². The minimum atomic E-state index is -2.82. The Labute approximate surface area is 126 Å². The van der Waals surface area contributed by atoms with E-state index >= 15 is 0 Å². The summed E-state index contributed by atoms with van der Waals surface area (Å²) in [6.07, 6.45) is 0. The molecule has 21 heavy (non-hydrogen) atoms. The molecule has 0 saturated carbocycles. The van der Waals surface area contributed by atoms with Gasteiger partial charge in [-0.1, -0.05) is 23.9 Å². The lowest BCUT2D eigenvalue weighted by Gasteiger charge is -2.06. The molecule has 112 valence electrons. The van der Waals surface area contributed by atoms with Gasteiger partial charge in [0.05, 0.1) is 7.11 Å². The summed E-state index contributed by atoms with van der Waals surface area (Å²) in [6, 6.07) is 7.55. The van der Waals surface area contributed by atoms with Crippen LogP contribution in [0.4, 0.5) is 10.2 Å². The minimum absolute atomic E-state index is 0.125. The summed E-state index contributed by atoms with van der Waals surface area (Å²) in [5.41, 5.74) is 0.774. The largest absolute Gasteiger partial charge is 0.481 e. The zero-order valence-electron chi connectivity index (χ0n) is 10.9. The number of nitrogens with one attached hydrogen (secondary N) is 1. The Bertz CT molecular complexity index is 702. The summed E-state index contributed by atoms with van der Waals surface area (Å²) in [6.45, 7) is 0. The number of halogens is 1. The molecule has 0 atom stereocenters. The molecule has 6 nitrogen and oxygen atoms in total. The number of nitrogens with zero attached hydrogens (tertiary/aromatic N) is 2. The maximum absolute atomic E-state index is 13.1. The van der Waals surface area contributed by atoms with E-state index in [9.17, 15) is 12.8 Å². The Morgan fingerprint density at radius 1 is 1.33 bits per heavy atom. The Morgan fingerprint density at radius 3 is 2.81 bits per heavy atom. The van der Waals surface area contributed by atoms with Crippen LogP contribution in [-0.4, -0.2) is 25.5 Å². The standard InChI is InChI=1S/C12H12FN3O3S2/c1-19-11-6-10(16-21(17)18)14-12(15-11)20-7-8-3-2-4-9(13)5-8/h2-6,21H,7H2,1H3,(H,14,15,16,17,18). The number of hydrogen-bond acceptors (Lipinski definition) is 6. The van der Waals surface area contributed by atoms with E-state index in [1.807, 2.05) is 0 Å². The monoisotopic (exact) mass is 329 g/mol. The molecule has 1 aromatic heterocycles. The highest BCUT2D eigenvalue weighted by Crippen LogP contribution is 2.24. The van der Waals surface area contributed by atoms with Gasteiger partial charge in [-0.2, -0.15) is 4.98 Å². The SMILES string of the molecule is COc1cc(N[SH](=O)=O)nc(SCc2cccc(F)c2)n1. The topological polar surface area (TPSA) is 81.2 Å². The maximum atomic E-state index is 13.1. The number of methoxy groups -OCH3 is 1. The molecule has 0 aliphatic rings. The van der Waals surface area contributed by atoms with Gasteiger partial charge in [0.1, 0.15) is 11.6 Å². The molecule has 1 heterocycles. The second-order valence-electron chi connectivity index (χ2n) is 3.87. The van der Waals surface area contributed by atoms with Gasteiger partial charge in [0, 0.05) is 11.8 Å². The van der Waals surface area contributed by atoms with Gasteiger partial charge < -0.3 is 4.74 Å². The zero-order chi connectivity index (χ0) is 15.2. The van der Waals surface area contributed by atoms with Crippen molar-refractivity contribution in [3.8, 4) is 5.88 Å². The zero-order valence-corrected chi connectivity index (χ0v) is 12.7. The van der Waals surface area contributed by atoms with Gasteiger partial charge in [0.15, 0.2) is 5.16 Å². The molecule has 0 saturated heterocycles. The first kappa shape index (κ1) is 15.5. The van der Waals surface area contributed by atoms with E-state index in [0.717, 1.165) is 5.56 Å². The molecule has 0 spiro atoms. The van der Waals surface area contributed by atoms with E-state index in [1.165, 1.54) is 37.1 Å². The predicted molar refractivity (Wildman–Crippen MR) is 78.5 cm³/mol. The molecular weight excluding hydrogens is 317 g/mol. The van der Waals surface area contributed by atoms with Crippen LogP contribution in [0.3, 0.4) is 0 Å². The third kappa shape index (κ3) is 4.87. The van der Waals surface area contributed by atoms with Gasteiger partial charge in [-0.25, -0.2) is 17.8 Å². The number of anilines is 1. The lowest BCUT2D eigenvalue weighted by atomic mass is 10.2. The number of thiol groups is 1. The number of aromatic nitrogens is 2. The third-order valence-electron chi connectivity index (χ3n) is 2.35. The van der Waals surface area contributed by atoms with E-state index in [-0.39, 0.29) is 17.5 Å². The number of thioether (sulfide) groups is 1. The first-order valence-electron chi connectivity index (χ1n) is 5.78. The van der Waals surface area contributed by atoms with Crippen molar-refractivity contribution in [2.24, 2.45) is 0 Å². The maximum Gasteiger partial charge on any atom is 0.223 e. The third-order valence-corrected chi connectivity index (χ3v) is 3.68. The van der Waals surface area contributed by atoms with Crippen molar-refractivity contribution in [2.75, 3.05) is 11.8 Å². The smallest absolute Gasteiger partial charge is 0.223 e. The Hall–Kier alpha value is -1.87. The number of benzene rings is 1. The van der Waals surface area contributed by atoms with Crippen LogP contribution in [0, 0.1) is 5.82 Å². The first-order chi connectivity index (χ1) is 10.1. The van der Waals surface area contributed by atoms with Crippen molar-refractivity contribution in [2.45, 2.75) is 10.9 Å². The van der Waals surface area contributed by atoms with E-state index in [4.69, 9.17) is 4.74 Å². The summed E-state index contributed by atoms with van der Waals surface area (Å²) in [5, 5.41) is 0.331. The Kier molecular flexibility index (Phi) is 5.34. The number of hydrogen-bond donors (Lipinski definition) is 2. The molecule has 2 aromatic rings. The van der Waals surface area contributed by atoms with Crippen LogP contribution in [0.15, 0.2) is 35.5 Å². The van der Waals surface area contributed by atoms with E-state index in [1.54, 1.807) is 12.1 Å². The lowest BCUT2D eigenvalue weighted by Crippen LogP contribution is -2.01. The molecule has 0 aliphatic heterocycles. The van der Waals surface area contributed by atoms with Crippen LogP contribution >= 0.6 is 11.8 Å². The van der Waals surface area contributed by atoms with Crippen molar-refractivity contribution in [1.29, 1.82) is 0 Å². The Morgan fingerprint density at radius 2 is 2.14 bits per heavy atom. The average Bonchev–Trinajstić information content (AvgIpc) is 2.44. The van der Waals surface area contributed by atoms with Crippen LogP contribution in [0.5, 0.6) is 5.88 Å². The lowest BCUT2D eigenvalue weighted by molar-refractivity contribution is 0.393. The van der Waals surface area contributed by atoms with Crippen molar-refractivity contribution in [3.05, 3.63) is 41.7 Å². The highest BCUT2D eigenvalue weighted by Gasteiger charge is 2.07.